The van der Waals surface area contributed by atoms with Gasteiger partial charge < -0.3 is 14.7 Å². The third-order valence-electron chi connectivity index (χ3n) is 10.5. The van der Waals surface area contributed by atoms with Gasteiger partial charge in [-0.05, 0) is 63.9 Å². The van der Waals surface area contributed by atoms with Gasteiger partial charge in [-0.3, -0.25) is 9.69 Å². The van der Waals surface area contributed by atoms with Crippen molar-refractivity contribution in [2.45, 2.75) is 101 Å². The molecular formula is C31H45ClF2N4O2. The third-order valence-corrected chi connectivity index (χ3v) is 10.5. The van der Waals surface area contributed by atoms with E-state index < -0.39 is 13.0 Å². The van der Waals surface area contributed by atoms with Gasteiger partial charge in [-0.1, -0.05) is 43.2 Å². The van der Waals surface area contributed by atoms with E-state index in [1.807, 2.05) is 18.7 Å². The van der Waals surface area contributed by atoms with Crippen molar-refractivity contribution in [1.82, 2.24) is 19.6 Å². The Kier molecular flexibility index (Phi) is 8.68. The molecule has 4 aliphatic heterocycles. The van der Waals surface area contributed by atoms with Gasteiger partial charge in [0, 0.05) is 56.1 Å². The lowest BCUT2D eigenvalue weighted by Gasteiger charge is -2.50. The maximum Gasteiger partial charge on any atom is 0.321 e. The summed E-state index contributed by atoms with van der Waals surface area (Å²) in [5.74, 6) is 1.25. The molecule has 0 radical (unpaired) electrons. The first-order valence-electron chi connectivity index (χ1n) is 15.2. The van der Waals surface area contributed by atoms with Gasteiger partial charge in [0.15, 0.2) is 0 Å². The van der Waals surface area contributed by atoms with Gasteiger partial charge in [-0.15, -0.1) is 12.4 Å². The number of carbonyl (C=O) groups is 2. The third kappa shape index (κ3) is 5.35. The molecule has 4 atom stereocenters. The summed E-state index contributed by atoms with van der Waals surface area (Å²) in [6.45, 7) is 6.53. The van der Waals surface area contributed by atoms with Crippen LogP contribution in [0.4, 0.5) is 13.6 Å². The van der Waals surface area contributed by atoms with E-state index in [9.17, 15) is 18.4 Å². The molecule has 1 saturated carbocycles. The number of amides is 3. The van der Waals surface area contributed by atoms with Crippen molar-refractivity contribution in [3.05, 3.63) is 35.9 Å². The Hall–Kier alpha value is -1.93. The number of fused-ring (bicyclic) bond motifs is 2. The number of likely N-dealkylation sites (tertiary alicyclic amines) is 1. The number of rotatable bonds is 7. The Morgan fingerprint density at radius 1 is 1.00 bits per heavy atom. The molecule has 1 aromatic rings. The first kappa shape index (κ1) is 29.6. The van der Waals surface area contributed by atoms with Crippen molar-refractivity contribution in [2.75, 3.05) is 32.7 Å². The van der Waals surface area contributed by atoms with Crippen LogP contribution in [0.5, 0.6) is 0 Å². The second-order valence-electron chi connectivity index (χ2n) is 13.2. The summed E-state index contributed by atoms with van der Waals surface area (Å²) in [6, 6.07) is 11.1. The van der Waals surface area contributed by atoms with Crippen LogP contribution in [0.3, 0.4) is 0 Å². The Morgan fingerprint density at radius 3 is 2.25 bits per heavy atom. The molecule has 1 aliphatic carbocycles. The largest absolute Gasteiger partial charge is 0.341 e. The number of urea groups is 1. The number of nitrogens with zero attached hydrogens (tertiary/aromatic N) is 4. The highest BCUT2D eigenvalue weighted by atomic mass is 35.5. The van der Waals surface area contributed by atoms with Crippen molar-refractivity contribution in [2.24, 2.45) is 11.8 Å². The van der Waals surface area contributed by atoms with Crippen molar-refractivity contribution in [3.8, 4) is 0 Å². The van der Waals surface area contributed by atoms with Gasteiger partial charge in [0.2, 0.25) is 5.91 Å². The SMILES string of the molecule is CC(C)N1C(=O)N(CC(F)F)CC12CC1CCC(C2)N1C[C@H]1CN(C(=O)C2CCCC2)C[C@@H]1c1ccccc1.Cl. The minimum absolute atomic E-state index is 0. The number of hydrogen-bond acceptors (Lipinski definition) is 3. The normalized spacial score (nSPS) is 32.8. The second kappa shape index (κ2) is 11.7. The zero-order chi connectivity index (χ0) is 27.3. The van der Waals surface area contributed by atoms with Gasteiger partial charge >= 0.3 is 6.03 Å². The molecule has 1 spiro atoms. The number of alkyl halides is 2. The minimum Gasteiger partial charge on any atom is -0.341 e. The average molecular weight is 579 g/mol. The van der Waals surface area contributed by atoms with Gasteiger partial charge in [-0.25, -0.2) is 13.6 Å². The average Bonchev–Trinajstić information content (AvgIpc) is 3.67. The van der Waals surface area contributed by atoms with Crippen molar-refractivity contribution < 1.29 is 18.4 Å². The lowest BCUT2D eigenvalue weighted by atomic mass is 9.80. The lowest BCUT2D eigenvalue weighted by molar-refractivity contribution is -0.134. The van der Waals surface area contributed by atoms with Gasteiger partial charge in [0.05, 0.1) is 12.1 Å². The van der Waals surface area contributed by atoms with Crippen LogP contribution in [0.25, 0.3) is 0 Å². The summed E-state index contributed by atoms with van der Waals surface area (Å²) in [6.07, 6.45) is 5.76. The van der Waals surface area contributed by atoms with E-state index in [4.69, 9.17) is 0 Å². The zero-order valence-corrected chi connectivity index (χ0v) is 24.7. The summed E-state index contributed by atoms with van der Waals surface area (Å²) in [4.78, 5) is 34.8. The van der Waals surface area contributed by atoms with Crippen LogP contribution in [-0.4, -0.2) is 94.4 Å². The Bertz CT molecular complexity index is 1040. The second-order valence-corrected chi connectivity index (χ2v) is 13.2. The molecule has 0 aromatic heterocycles. The number of piperidine rings is 1. The molecule has 5 aliphatic rings. The van der Waals surface area contributed by atoms with Gasteiger partial charge in [0.1, 0.15) is 0 Å². The quantitative estimate of drug-likeness (QED) is 0.422. The monoisotopic (exact) mass is 578 g/mol. The molecule has 2 unspecified atom stereocenters. The van der Waals surface area contributed by atoms with Crippen molar-refractivity contribution in [3.63, 3.8) is 0 Å². The van der Waals surface area contributed by atoms with Crippen LogP contribution in [-0.2, 0) is 4.79 Å². The van der Waals surface area contributed by atoms with Crippen molar-refractivity contribution in [1.29, 1.82) is 0 Å². The maximum absolute atomic E-state index is 13.4. The highest BCUT2D eigenvalue weighted by molar-refractivity contribution is 5.85. The summed E-state index contributed by atoms with van der Waals surface area (Å²) < 4.78 is 26.6. The van der Waals surface area contributed by atoms with E-state index in [0.29, 0.717) is 36.4 Å². The number of carbonyl (C=O) groups excluding carboxylic acids is 2. The standard InChI is InChI=1S/C31H44F2N4O2.ClH/c1-21(2)37-30(39)35(19-28(32)33)20-31(37)14-25-12-13-26(15-31)36(25)17-24-16-34(29(38)23-10-6-7-11-23)18-27(24)22-8-4-3-5-9-22;/h3-5,8-9,21,23-28H,6-7,10-20H2,1-2H3;1H/t24-,25?,26?,27-,31?;/m1./s1. The first-order chi connectivity index (χ1) is 18.8. The molecule has 6 nitrogen and oxygen atoms in total. The first-order valence-corrected chi connectivity index (χ1v) is 15.2. The smallest absolute Gasteiger partial charge is 0.321 e. The van der Waals surface area contributed by atoms with E-state index in [1.165, 1.54) is 23.3 Å². The molecular weight excluding hydrogens is 534 g/mol. The van der Waals surface area contributed by atoms with E-state index in [-0.39, 0.29) is 35.9 Å². The highest BCUT2D eigenvalue weighted by Gasteiger charge is 2.58. The van der Waals surface area contributed by atoms with Crippen molar-refractivity contribution >= 4 is 24.3 Å². The minimum atomic E-state index is -2.51. The molecule has 3 amide bonds. The topological polar surface area (TPSA) is 47.1 Å². The predicted molar refractivity (Wildman–Crippen MR) is 154 cm³/mol. The van der Waals surface area contributed by atoms with Crippen LogP contribution in [0, 0.1) is 11.8 Å². The Balaban J connectivity index is 0.00000323. The predicted octanol–water partition coefficient (Wildman–Crippen LogP) is 5.62. The fourth-order valence-corrected chi connectivity index (χ4v) is 8.99. The molecule has 0 N–H and O–H groups in total. The Labute approximate surface area is 243 Å². The van der Waals surface area contributed by atoms with Crippen LogP contribution >= 0.6 is 12.4 Å². The molecule has 40 heavy (non-hydrogen) atoms. The molecule has 6 rings (SSSR count). The van der Waals surface area contributed by atoms with Crippen LogP contribution in [0.15, 0.2) is 30.3 Å². The van der Waals surface area contributed by atoms with Crippen LogP contribution in [0.2, 0.25) is 0 Å². The summed E-state index contributed by atoms with van der Waals surface area (Å²) in [5.41, 5.74) is 0.960. The van der Waals surface area contributed by atoms with E-state index >= 15 is 0 Å². The zero-order valence-electron chi connectivity index (χ0n) is 23.9. The summed E-state index contributed by atoms with van der Waals surface area (Å²) in [7, 11) is 0. The van der Waals surface area contributed by atoms with Gasteiger partial charge in [0.25, 0.3) is 6.43 Å². The molecule has 9 heteroatoms. The van der Waals surface area contributed by atoms with Crippen LogP contribution in [0.1, 0.15) is 76.7 Å². The Morgan fingerprint density at radius 2 is 1.65 bits per heavy atom. The summed E-state index contributed by atoms with van der Waals surface area (Å²) in [5, 5.41) is 0. The van der Waals surface area contributed by atoms with E-state index in [0.717, 1.165) is 58.2 Å². The molecule has 4 heterocycles. The van der Waals surface area contributed by atoms with E-state index in [2.05, 4.69) is 40.1 Å². The molecule has 4 saturated heterocycles. The molecule has 1 aromatic carbocycles. The fourth-order valence-electron chi connectivity index (χ4n) is 8.99. The fraction of sp³-hybridized carbons (Fsp3) is 0.742. The number of benzene rings is 1. The molecule has 2 bridgehead atoms. The summed E-state index contributed by atoms with van der Waals surface area (Å²) >= 11 is 0. The van der Waals surface area contributed by atoms with Gasteiger partial charge in [-0.2, -0.15) is 0 Å². The highest BCUT2D eigenvalue weighted by Crippen LogP contribution is 2.49. The number of hydrogen-bond donors (Lipinski definition) is 0. The maximum atomic E-state index is 13.4. The van der Waals surface area contributed by atoms with Crippen LogP contribution < -0.4 is 0 Å². The molecule has 222 valence electrons. The van der Waals surface area contributed by atoms with E-state index in [1.54, 1.807) is 0 Å². The lowest BCUT2D eigenvalue weighted by Crippen LogP contribution is -2.60. The molecule has 5 fully saturated rings. The number of halogens is 3.